The van der Waals surface area contributed by atoms with Crippen LogP contribution in [0.5, 0.6) is 0 Å². The summed E-state index contributed by atoms with van der Waals surface area (Å²) in [5, 5.41) is 4.20. The van der Waals surface area contributed by atoms with Crippen LogP contribution in [-0.4, -0.2) is 66.9 Å². The summed E-state index contributed by atoms with van der Waals surface area (Å²) in [4.78, 5) is 2.43. The maximum atomic E-state index is 11.4. The zero-order valence-electron chi connectivity index (χ0n) is 12.3. The number of hydrogen-bond acceptors (Lipinski definition) is 4. The zero-order valence-corrected chi connectivity index (χ0v) is 13.1. The van der Waals surface area contributed by atoms with Gasteiger partial charge in [0.1, 0.15) is 0 Å². The summed E-state index contributed by atoms with van der Waals surface area (Å²) in [6, 6.07) is 1.94. The molecule has 0 atom stereocenters. The maximum Gasteiger partial charge on any atom is 0.210 e. The topological polar surface area (TPSA) is 58.4 Å². The van der Waals surface area contributed by atoms with Gasteiger partial charge in [0.15, 0.2) is 0 Å². The molecule has 0 unspecified atom stereocenters. The molecule has 1 aromatic heterocycles. The van der Waals surface area contributed by atoms with Gasteiger partial charge in [-0.1, -0.05) is 0 Å². The van der Waals surface area contributed by atoms with E-state index in [1.807, 2.05) is 16.9 Å². The van der Waals surface area contributed by atoms with E-state index in [-0.39, 0.29) is 0 Å². The van der Waals surface area contributed by atoms with Gasteiger partial charge in [0, 0.05) is 32.5 Å². The van der Waals surface area contributed by atoms with Gasteiger partial charge >= 0.3 is 0 Å². The Hall–Kier alpha value is -0.920. The highest BCUT2D eigenvalue weighted by Crippen LogP contribution is 2.18. The molecule has 0 radical (unpaired) electrons. The second-order valence-corrected chi connectivity index (χ2v) is 7.69. The van der Waals surface area contributed by atoms with Gasteiger partial charge in [-0.05, 0) is 37.9 Å². The van der Waals surface area contributed by atoms with Gasteiger partial charge in [-0.15, -0.1) is 0 Å². The molecule has 114 valence electrons. The maximum absolute atomic E-state index is 11.4. The summed E-state index contributed by atoms with van der Waals surface area (Å²) in [6.07, 6.45) is 7.19. The normalized spacial score (nSPS) is 18.8. The molecule has 20 heavy (non-hydrogen) atoms. The predicted molar refractivity (Wildman–Crippen MR) is 78.9 cm³/mol. The van der Waals surface area contributed by atoms with E-state index in [2.05, 4.69) is 10.00 Å². The Labute approximate surface area is 121 Å². The third-order valence-electron chi connectivity index (χ3n) is 3.99. The van der Waals surface area contributed by atoms with Crippen molar-refractivity contribution in [1.29, 1.82) is 0 Å². The van der Waals surface area contributed by atoms with Gasteiger partial charge in [-0.25, -0.2) is 12.7 Å². The molecule has 0 bridgehead atoms. The molecule has 1 fully saturated rings. The SMILES string of the molecule is CN(CC1CCN(CCn2cccn2)CC1)S(C)(=O)=O. The summed E-state index contributed by atoms with van der Waals surface area (Å²) < 4.78 is 26.2. The molecule has 2 rings (SSSR count). The molecule has 2 heterocycles. The highest BCUT2D eigenvalue weighted by molar-refractivity contribution is 7.88. The van der Waals surface area contributed by atoms with E-state index in [1.165, 1.54) is 10.6 Å². The molecule has 0 aliphatic carbocycles. The number of aromatic nitrogens is 2. The first-order valence-electron chi connectivity index (χ1n) is 7.06. The summed E-state index contributed by atoms with van der Waals surface area (Å²) in [5.41, 5.74) is 0. The Morgan fingerprint density at radius 1 is 1.30 bits per heavy atom. The largest absolute Gasteiger partial charge is 0.301 e. The summed E-state index contributed by atoms with van der Waals surface area (Å²) in [6.45, 7) is 4.66. The molecule has 0 saturated carbocycles. The monoisotopic (exact) mass is 300 g/mol. The fraction of sp³-hybridized carbons (Fsp3) is 0.769. The van der Waals surface area contributed by atoms with Gasteiger partial charge in [0.2, 0.25) is 10.0 Å². The van der Waals surface area contributed by atoms with Crippen molar-refractivity contribution in [2.75, 3.05) is 39.5 Å². The lowest BCUT2D eigenvalue weighted by Gasteiger charge is -2.33. The molecular weight excluding hydrogens is 276 g/mol. The molecule has 0 amide bonds. The first-order valence-corrected chi connectivity index (χ1v) is 8.91. The third kappa shape index (κ3) is 4.57. The van der Waals surface area contributed by atoms with Crippen LogP contribution >= 0.6 is 0 Å². The van der Waals surface area contributed by atoms with Gasteiger partial charge in [-0.2, -0.15) is 5.10 Å². The van der Waals surface area contributed by atoms with Crippen molar-refractivity contribution in [3.05, 3.63) is 18.5 Å². The van der Waals surface area contributed by atoms with Crippen molar-refractivity contribution in [2.45, 2.75) is 19.4 Å². The van der Waals surface area contributed by atoms with Crippen LogP contribution in [-0.2, 0) is 16.6 Å². The van der Waals surface area contributed by atoms with E-state index in [4.69, 9.17) is 0 Å². The molecule has 0 spiro atoms. The second kappa shape index (κ2) is 6.69. The van der Waals surface area contributed by atoms with Gasteiger partial charge in [0.25, 0.3) is 0 Å². The Kier molecular flexibility index (Phi) is 5.17. The van der Waals surface area contributed by atoms with Crippen LogP contribution in [0.1, 0.15) is 12.8 Å². The number of hydrogen-bond donors (Lipinski definition) is 0. The van der Waals surface area contributed by atoms with Crippen molar-refractivity contribution in [3.8, 4) is 0 Å². The molecule has 0 aromatic carbocycles. The van der Waals surface area contributed by atoms with Crippen molar-refractivity contribution in [3.63, 3.8) is 0 Å². The van der Waals surface area contributed by atoms with Crippen LogP contribution in [0.2, 0.25) is 0 Å². The first kappa shape index (κ1) is 15.5. The number of rotatable bonds is 6. The third-order valence-corrected chi connectivity index (χ3v) is 5.27. The Bertz CT molecular complexity index is 492. The first-order chi connectivity index (χ1) is 9.45. The van der Waals surface area contributed by atoms with Crippen molar-refractivity contribution in [1.82, 2.24) is 19.0 Å². The minimum Gasteiger partial charge on any atom is -0.301 e. The van der Waals surface area contributed by atoms with Gasteiger partial charge in [-0.3, -0.25) is 4.68 Å². The fourth-order valence-corrected chi connectivity index (χ4v) is 3.05. The van der Waals surface area contributed by atoms with E-state index in [0.29, 0.717) is 12.5 Å². The number of piperidine rings is 1. The Balaban J connectivity index is 1.70. The molecule has 1 aliphatic heterocycles. The summed E-state index contributed by atoms with van der Waals surface area (Å²) >= 11 is 0. The highest BCUT2D eigenvalue weighted by atomic mass is 32.2. The second-order valence-electron chi connectivity index (χ2n) is 5.60. The fourth-order valence-electron chi connectivity index (χ4n) is 2.57. The lowest BCUT2D eigenvalue weighted by atomic mass is 9.97. The van der Waals surface area contributed by atoms with Crippen LogP contribution in [0.4, 0.5) is 0 Å². The molecule has 7 heteroatoms. The number of sulfonamides is 1. The Morgan fingerprint density at radius 2 is 2.00 bits per heavy atom. The minimum atomic E-state index is -3.05. The van der Waals surface area contributed by atoms with E-state index < -0.39 is 10.0 Å². The van der Waals surface area contributed by atoms with Crippen molar-refractivity contribution >= 4 is 10.0 Å². The van der Waals surface area contributed by atoms with Crippen LogP contribution in [0, 0.1) is 5.92 Å². The standard InChI is InChI=1S/C13H24N4O2S/c1-15(20(2,18)19)12-13-4-8-16(9-5-13)10-11-17-7-3-6-14-17/h3,6-7,13H,4-5,8-12H2,1-2H3. The smallest absolute Gasteiger partial charge is 0.210 e. The van der Waals surface area contributed by atoms with E-state index in [9.17, 15) is 8.42 Å². The molecular formula is C13H24N4O2S. The van der Waals surface area contributed by atoms with Crippen LogP contribution < -0.4 is 0 Å². The van der Waals surface area contributed by atoms with Gasteiger partial charge in [0.05, 0.1) is 12.8 Å². The van der Waals surface area contributed by atoms with Gasteiger partial charge < -0.3 is 4.90 Å². The van der Waals surface area contributed by atoms with Crippen LogP contribution in [0.3, 0.4) is 0 Å². The quantitative estimate of drug-likeness (QED) is 0.767. The van der Waals surface area contributed by atoms with E-state index >= 15 is 0 Å². The van der Waals surface area contributed by atoms with E-state index in [1.54, 1.807) is 13.2 Å². The molecule has 6 nitrogen and oxygen atoms in total. The Morgan fingerprint density at radius 3 is 2.55 bits per heavy atom. The molecule has 1 aromatic rings. The average Bonchev–Trinajstić information content (AvgIpc) is 2.90. The van der Waals surface area contributed by atoms with Crippen molar-refractivity contribution in [2.24, 2.45) is 5.92 Å². The summed E-state index contributed by atoms with van der Waals surface area (Å²) in [7, 11) is -1.38. The lowest BCUT2D eigenvalue weighted by molar-refractivity contribution is 0.166. The minimum absolute atomic E-state index is 0.482. The molecule has 0 N–H and O–H groups in total. The lowest BCUT2D eigenvalue weighted by Crippen LogP contribution is -2.40. The molecule has 1 aliphatic rings. The highest BCUT2D eigenvalue weighted by Gasteiger charge is 2.22. The average molecular weight is 300 g/mol. The summed E-state index contributed by atoms with van der Waals surface area (Å²) in [5.74, 6) is 0.482. The zero-order chi connectivity index (χ0) is 14.6. The van der Waals surface area contributed by atoms with Crippen molar-refractivity contribution < 1.29 is 8.42 Å². The number of nitrogens with zero attached hydrogens (tertiary/aromatic N) is 4. The van der Waals surface area contributed by atoms with E-state index in [0.717, 1.165) is 39.0 Å². The molecule has 1 saturated heterocycles. The van der Waals surface area contributed by atoms with Crippen LogP contribution in [0.25, 0.3) is 0 Å². The van der Waals surface area contributed by atoms with Crippen LogP contribution in [0.15, 0.2) is 18.5 Å². The number of likely N-dealkylation sites (tertiary alicyclic amines) is 1. The predicted octanol–water partition coefficient (Wildman–Crippen LogP) is 0.487.